The Kier molecular flexibility index (Phi) is 5.64. The minimum Gasteiger partial charge on any atom is -0.299 e. The van der Waals surface area contributed by atoms with Gasteiger partial charge in [0.25, 0.3) is 0 Å². The largest absolute Gasteiger partial charge is 0.299 e. The van der Waals surface area contributed by atoms with Crippen LogP contribution in [0.2, 0.25) is 0 Å². The van der Waals surface area contributed by atoms with Gasteiger partial charge in [-0.25, -0.2) is 0 Å². The lowest BCUT2D eigenvalue weighted by Gasteiger charge is -2.57. The number of benzene rings is 2. The molecule has 0 aliphatic heterocycles. The molecule has 1 fully saturated rings. The summed E-state index contributed by atoms with van der Waals surface area (Å²) in [6.07, 6.45) is 7.64. The zero-order valence-electron chi connectivity index (χ0n) is 16.2. The third-order valence-corrected chi connectivity index (χ3v) is 6.85. The average Bonchev–Trinajstić information content (AvgIpc) is 2.68. The Hall–Kier alpha value is -1.60. The van der Waals surface area contributed by atoms with Crippen molar-refractivity contribution in [3.63, 3.8) is 0 Å². The highest BCUT2D eigenvalue weighted by Gasteiger charge is 2.51. The fraction of sp³-hybridized carbons (Fsp3) is 0.500. The number of rotatable bonds is 6. The van der Waals surface area contributed by atoms with Gasteiger partial charge >= 0.3 is 0 Å². The number of hydrogen-bond acceptors (Lipinski definition) is 1. The van der Waals surface area contributed by atoms with Crippen molar-refractivity contribution in [1.29, 1.82) is 0 Å². The predicted octanol–water partition coefficient (Wildman–Crippen LogP) is 5.84. The van der Waals surface area contributed by atoms with Crippen LogP contribution in [0, 0.1) is 0 Å². The first kappa shape index (κ1) is 18.2. The molecule has 0 spiro atoms. The smallest absolute Gasteiger partial charge is 0.0297 e. The lowest BCUT2D eigenvalue weighted by atomic mass is 9.57. The Morgan fingerprint density at radius 3 is 2.12 bits per heavy atom. The van der Waals surface area contributed by atoms with Crippen LogP contribution in [-0.2, 0) is 11.8 Å². The molecule has 1 aliphatic carbocycles. The first-order chi connectivity index (χ1) is 12.1. The van der Waals surface area contributed by atoms with Crippen molar-refractivity contribution in [3.8, 4) is 0 Å². The van der Waals surface area contributed by atoms with E-state index in [1.165, 1.54) is 43.2 Å². The van der Waals surface area contributed by atoms with E-state index in [9.17, 15) is 0 Å². The molecule has 1 heteroatoms. The molecule has 25 heavy (non-hydrogen) atoms. The maximum Gasteiger partial charge on any atom is 0.0297 e. The van der Waals surface area contributed by atoms with E-state index in [4.69, 9.17) is 0 Å². The summed E-state index contributed by atoms with van der Waals surface area (Å²) in [5, 5.41) is 0. The van der Waals surface area contributed by atoms with Crippen molar-refractivity contribution in [1.82, 2.24) is 4.90 Å². The van der Waals surface area contributed by atoms with Crippen LogP contribution in [0.5, 0.6) is 0 Å². The average molecular weight is 336 g/mol. The second kappa shape index (κ2) is 7.74. The topological polar surface area (TPSA) is 3.24 Å². The van der Waals surface area contributed by atoms with Gasteiger partial charge in [0.2, 0.25) is 0 Å². The number of hydrogen-bond donors (Lipinski definition) is 0. The zero-order chi connectivity index (χ0) is 17.8. The SMILES string of the molecule is CCC1(N(C)CCc2ccccc2)CCCCC1(C)c1ccccc1. The van der Waals surface area contributed by atoms with Crippen molar-refractivity contribution >= 4 is 0 Å². The molecular formula is C24H33N. The fourth-order valence-electron chi connectivity index (χ4n) is 5.23. The molecule has 0 aromatic heterocycles. The Bertz CT molecular complexity index is 650. The van der Waals surface area contributed by atoms with Gasteiger partial charge in [-0.1, -0.05) is 87.4 Å². The van der Waals surface area contributed by atoms with Crippen molar-refractivity contribution < 1.29 is 0 Å². The molecule has 2 aromatic carbocycles. The molecule has 0 bridgehead atoms. The molecule has 3 rings (SSSR count). The van der Waals surface area contributed by atoms with E-state index < -0.39 is 0 Å². The van der Waals surface area contributed by atoms with Gasteiger partial charge < -0.3 is 0 Å². The van der Waals surface area contributed by atoms with E-state index in [0.717, 1.165) is 13.0 Å². The van der Waals surface area contributed by atoms with Gasteiger partial charge in [-0.05, 0) is 43.9 Å². The molecular weight excluding hydrogens is 302 g/mol. The van der Waals surface area contributed by atoms with E-state index in [2.05, 4.69) is 86.5 Å². The van der Waals surface area contributed by atoms with Gasteiger partial charge in [0.1, 0.15) is 0 Å². The first-order valence-corrected chi connectivity index (χ1v) is 9.93. The van der Waals surface area contributed by atoms with E-state index in [1.807, 2.05) is 0 Å². The van der Waals surface area contributed by atoms with E-state index >= 15 is 0 Å². The van der Waals surface area contributed by atoms with Crippen LogP contribution in [0.3, 0.4) is 0 Å². The van der Waals surface area contributed by atoms with Crippen LogP contribution < -0.4 is 0 Å². The molecule has 134 valence electrons. The first-order valence-electron chi connectivity index (χ1n) is 9.93. The van der Waals surface area contributed by atoms with Gasteiger partial charge in [-0.2, -0.15) is 0 Å². The van der Waals surface area contributed by atoms with E-state index in [-0.39, 0.29) is 11.0 Å². The normalized spacial score (nSPS) is 26.7. The highest BCUT2D eigenvalue weighted by molar-refractivity contribution is 5.31. The third kappa shape index (κ3) is 3.40. The third-order valence-electron chi connectivity index (χ3n) is 6.85. The molecule has 2 aromatic rings. The summed E-state index contributed by atoms with van der Waals surface area (Å²) in [6.45, 7) is 6.04. The monoisotopic (exact) mass is 335 g/mol. The van der Waals surface area contributed by atoms with Crippen LogP contribution in [0.25, 0.3) is 0 Å². The second-order valence-corrected chi connectivity index (χ2v) is 7.95. The maximum absolute atomic E-state index is 2.69. The van der Waals surface area contributed by atoms with E-state index in [1.54, 1.807) is 0 Å². The van der Waals surface area contributed by atoms with Crippen LogP contribution >= 0.6 is 0 Å². The minimum absolute atomic E-state index is 0.229. The lowest BCUT2D eigenvalue weighted by Crippen LogP contribution is -2.61. The van der Waals surface area contributed by atoms with Gasteiger partial charge in [0.15, 0.2) is 0 Å². The molecule has 1 nitrogen and oxygen atoms in total. The summed E-state index contributed by atoms with van der Waals surface area (Å²) in [7, 11) is 2.36. The summed E-state index contributed by atoms with van der Waals surface area (Å²) in [5.74, 6) is 0. The van der Waals surface area contributed by atoms with Gasteiger partial charge in [-0.15, -0.1) is 0 Å². The standard InChI is InChI=1S/C24H33N/c1-4-24(25(3)20-17-21-13-7-5-8-14-21)19-12-11-18-23(24,2)22-15-9-6-10-16-22/h5-10,13-16H,4,11-12,17-20H2,1-3H3. The Morgan fingerprint density at radius 1 is 0.880 bits per heavy atom. The highest BCUT2D eigenvalue weighted by atomic mass is 15.2. The molecule has 1 aliphatic rings. The van der Waals surface area contributed by atoms with Crippen molar-refractivity contribution in [2.24, 2.45) is 0 Å². The maximum atomic E-state index is 2.69. The molecule has 0 amide bonds. The number of nitrogens with zero attached hydrogens (tertiary/aromatic N) is 1. The summed E-state index contributed by atoms with van der Waals surface area (Å²) in [4.78, 5) is 2.69. The molecule has 2 unspecified atom stereocenters. The summed E-state index contributed by atoms with van der Waals surface area (Å²) in [6, 6.07) is 22.2. The minimum atomic E-state index is 0.229. The van der Waals surface area contributed by atoms with Crippen molar-refractivity contribution in [2.45, 2.75) is 63.3 Å². The van der Waals surface area contributed by atoms with Crippen LogP contribution in [0.1, 0.15) is 57.1 Å². The van der Waals surface area contributed by atoms with Gasteiger partial charge in [0, 0.05) is 17.5 Å². The molecule has 0 heterocycles. The van der Waals surface area contributed by atoms with Crippen LogP contribution in [-0.4, -0.2) is 24.0 Å². The van der Waals surface area contributed by atoms with Gasteiger partial charge in [0.05, 0.1) is 0 Å². The highest BCUT2D eigenvalue weighted by Crippen LogP contribution is 2.50. The zero-order valence-corrected chi connectivity index (χ0v) is 16.2. The van der Waals surface area contributed by atoms with E-state index in [0.29, 0.717) is 0 Å². The van der Waals surface area contributed by atoms with Crippen molar-refractivity contribution in [2.75, 3.05) is 13.6 Å². The second-order valence-electron chi connectivity index (χ2n) is 7.95. The van der Waals surface area contributed by atoms with Crippen LogP contribution in [0.4, 0.5) is 0 Å². The molecule has 0 N–H and O–H groups in total. The summed E-state index contributed by atoms with van der Waals surface area (Å²) < 4.78 is 0. The van der Waals surface area contributed by atoms with Crippen molar-refractivity contribution in [3.05, 3.63) is 71.8 Å². The molecule has 2 atom stereocenters. The Balaban J connectivity index is 1.87. The molecule has 1 saturated carbocycles. The van der Waals surface area contributed by atoms with Gasteiger partial charge in [-0.3, -0.25) is 4.90 Å². The Morgan fingerprint density at radius 2 is 1.48 bits per heavy atom. The fourth-order valence-corrected chi connectivity index (χ4v) is 5.23. The quantitative estimate of drug-likeness (QED) is 0.641. The summed E-state index contributed by atoms with van der Waals surface area (Å²) in [5.41, 5.74) is 3.44. The number of likely N-dealkylation sites (N-methyl/N-ethyl adjacent to an activating group) is 1. The predicted molar refractivity (Wildman–Crippen MR) is 108 cm³/mol. The Labute approximate surface area is 154 Å². The molecule has 0 saturated heterocycles. The lowest BCUT2D eigenvalue weighted by molar-refractivity contribution is -0.00181. The van der Waals surface area contributed by atoms with Crippen LogP contribution in [0.15, 0.2) is 60.7 Å². The summed E-state index contributed by atoms with van der Waals surface area (Å²) >= 11 is 0. The molecule has 0 radical (unpaired) electrons.